The van der Waals surface area contributed by atoms with E-state index < -0.39 is 39.6 Å². The SMILES string of the molecule is O=C(O)CCN(c1cccc(Cl)c1Cl)S(=O)(=O)c1cccc([N+](=O)[O-])c1. The average Bonchev–Trinajstić information content (AvgIpc) is 2.58. The average molecular weight is 419 g/mol. The van der Waals surface area contributed by atoms with Gasteiger partial charge in [-0.2, -0.15) is 0 Å². The Morgan fingerprint density at radius 3 is 2.46 bits per heavy atom. The molecular formula is C15H12Cl2N2O6S. The zero-order chi connectivity index (χ0) is 19.5. The van der Waals surface area contributed by atoms with Crippen molar-refractivity contribution in [2.45, 2.75) is 11.3 Å². The van der Waals surface area contributed by atoms with E-state index in [9.17, 15) is 23.3 Å². The molecule has 11 heteroatoms. The summed E-state index contributed by atoms with van der Waals surface area (Å²) in [6, 6.07) is 8.71. The number of nitrogens with zero attached hydrogens (tertiary/aromatic N) is 2. The van der Waals surface area contributed by atoms with Crippen molar-refractivity contribution in [1.29, 1.82) is 0 Å². The summed E-state index contributed by atoms with van der Waals surface area (Å²) in [5.41, 5.74) is -0.437. The van der Waals surface area contributed by atoms with Crippen molar-refractivity contribution in [2.24, 2.45) is 0 Å². The Kier molecular flexibility index (Phi) is 6.06. The molecule has 2 aromatic rings. The number of nitro groups is 1. The fourth-order valence-corrected chi connectivity index (χ4v) is 4.10. The van der Waals surface area contributed by atoms with Crippen molar-refractivity contribution in [2.75, 3.05) is 10.8 Å². The summed E-state index contributed by atoms with van der Waals surface area (Å²) < 4.78 is 26.8. The molecule has 0 unspecified atom stereocenters. The summed E-state index contributed by atoms with van der Waals surface area (Å²) in [6.45, 7) is -0.430. The molecule has 0 spiro atoms. The lowest BCUT2D eigenvalue weighted by Gasteiger charge is -2.25. The number of non-ortho nitro benzene ring substituents is 1. The van der Waals surface area contributed by atoms with Crippen LogP contribution in [0.5, 0.6) is 0 Å². The minimum atomic E-state index is -4.32. The third-order valence-corrected chi connectivity index (χ3v) is 5.96. The van der Waals surface area contributed by atoms with Crippen molar-refractivity contribution in [3.63, 3.8) is 0 Å². The molecule has 0 bridgehead atoms. The largest absolute Gasteiger partial charge is 0.481 e. The molecule has 2 rings (SSSR count). The van der Waals surface area contributed by atoms with Gasteiger partial charge < -0.3 is 5.11 Å². The zero-order valence-electron chi connectivity index (χ0n) is 13.0. The Bertz CT molecular complexity index is 964. The highest BCUT2D eigenvalue weighted by Gasteiger charge is 2.29. The van der Waals surface area contributed by atoms with Crippen LogP contribution in [0.1, 0.15) is 6.42 Å². The first kappa shape index (κ1) is 20.0. The third-order valence-electron chi connectivity index (χ3n) is 3.35. The van der Waals surface area contributed by atoms with Crippen LogP contribution in [-0.4, -0.2) is 31.0 Å². The number of anilines is 1. The summed E-state index contributed by atoms with van der Waals surface area (Å²) in [4.78, 5) is 20.7. The number of hydrogen-bond acceptors (Lipinski definition) is 5. The molecule has 138 valence electrons. The number of aliphatic carboxylic acids is 1. The van der Waals surface area contributed by atoms with Gasteiger partial charge >= 0.3 is 5.97 Å². The quantitative estimate of drug-likeness (QED) is 0.542. The molecule has 0 saturated heterocycles. The number of hydrogen-bond donors (Lipinski definition) is 1. The predicted octanol–water partition coefficient (Wildman–Crippen LogP) is 3.57. The van der Waals surface area contributed by atoms with Crippen molar-refractivity contribution >= 4 is 50.6 Å². The first-order chi connectivity index (χ1) is 12.1. The molecule has 26 heavy (non-hydrogen) atoms. The van der Waals surface area contributed by atoms with Crippen LogP contribution in [0.3, 0.4) is 0 Å². The lowest BCUT2D eigenvalue weighted by Crippen LogP contribution is -2.33. The van der Waals surface area contributed by atoms with Crippen LogP contribution in [0.2, 0.25) is 10.0 Å². The summed E-state index contributed by atoms with van der Waals surface area (Å²) >= 11 is 12.0. The zero-order valence-corrected chi connectivity index (χ0v) is 15.3. The number of carboxylic acid groups (broad SMARTS) is 1. The van der Waals surface area contributed by atoms with Crippen LogP contribution >= 0.6 is 23.2 Å². The molecule has 0 aliphatic carbocycles. The lowest BCUT2D eigenvalue weighted by molar-refractivity contribution is -0.385. The number of carboxylic acids is 1. The van der Waals surface area contributed by atoms with Gasteiger partial charge in [-0.3, -0.25) is 19.2 Å². The van der Waals surface area contributed by atoms with Crippen LogP contribution < -0.4 is 4.31 Å². The maximum absolute atomic E-state index is 13.0. The van der Waals surface area contributed by atoms with Gasteiger partial charge in [-0.05, 0) is 18.2 Å². The predicted molar refractivity (Wildman–Crippen MR) is 96.3 cm³/mol. The van der Waals surface area contributed by atoms with E-state index in [1.165, 1.54) is 30.3 Å². The molecule has 0 radical (unpaired) electrons. The lowest BCUT2D eigenvalue weighted by atomic mass is 10.3. The standard InChI is InChI=1S/C15H12Cl2N2O6S/c16-12-5-2-6-13(15(12)17)18(8-7-14(20)21)26(24,25)11-4-1-3-10(9-11)19(22)23/h1-6,9H,7-8H2,(H,20,21). The van der Waals surface area contributed by atoms with Gasteiger partial charge in [-0.25, -0.2) is 8.42 Å². The van der Waals surface area contributed by atoms with Gasteiger partial charge in [0.1, 0.15) is 0 Å². The van der Waals surface area contributed by atoms with E-state index in [0.29, 0.717) is 0 Å². The Morgan fingerprint density at radius 1 is 1.19 bits per heavy atom. The molecule has 0 amide bonds. The second kappa shape index (κ2) is 7.90. The van der Waals surface area contributed by atoms with Gasteiger partial charge in [-0.15, -0.1) is 0 Å². The highest BCUT2D eigenvalue weighted by molar-refractivity contribution is 7.92. The monoisotopic (exact) mass is 418 g/mol. The first-order valence-electron chi connectivity index (χ1n) is 7.07. The van der Waals surface area contributed by atoms with Gasteiger partial charge in [0.15, 0.2) is 0 Å². The van der Waals surface area contributed by atoms with Gasteiger partial charge in [0.25, 0.3) is 15.7 Å². The van der Waals surface area contributed by atoms with Crippen molar-refractivity contribution in [3.05, 3.63) is 62.6 Å². The smallest absolute Gasteiger partial charge is 0.305 e. The van der Waals surface area contributed by atoms with Crippen molar-refractivity contribution < 1.29 is 23.2 Å². The van der Waals surface area contributed by atoms with E-state index in [2.05, 4.69) is 0 Å². The molecule has 8 nitrogen and oxygen atoms in total. The van der Waals surface area contributed by atoms with E-state index in [4.69, 9.17) is 28.3 Å². The number of halogens is 2. The molecule has 0 fully saturated rings. The Hall–Kier alpha value is -2.36. The third kappa shape index (κ3) is 4.24. The fraction of sp³-hybridized carbons (Fsp3) is 0.133. The van der Waals surface area contributed by atoms with Crippen LogP contribution in [0.4, 0.5) is 11.4 Å². The number of benzene rings is 2. The number of nitro benzene ring substituents is 1. The van der Waals surface area contributed by atoms with Crippen molar-refractivity contribution in [3.8, 4) is 0 Å². The summed E-state index contributed by atoms with van der Waals surface area (Å²) in [5.74, 6) is -1.22. The van der Waals surface area contributed by atoms with E-state index in [1.807, 2.05) is 0 Å². The Morgan fingerprint density at radius 2 is 1.85 bits per heavy atom. The maximum atomic E-state index is 13.0. The second-order valence-corrected chi connectivity index (χ2v) is 7.70. The summed E-state index contributed by atoms with van der Waals surface area (Å²) in [7, 11) is -4.32. The molecule has 0 aliphatic heterocycles. The Labute approximate surface area is 158 Å². The molecule has 0 saturated carbocycles. The second-order valence-electron chi connectivity index (χ2n) is 5.05. The number of sulfonamides is 1. The first-order valence-corrected chi connectivity index (χ1v) is 9.27. The van der Waals surface area contributed by atoms with Gasteiger partial charge in [0.2, 0.25) is 0 Å². The molecule has 0 aliphatic rings. The fourth-order valence-electron chi connectivity index (χ4n) is 2.14. The molecule has 2 aromatic carbocycles. The van der Waals surface area contributed by atoms with Crippen molar-refractivity contribution in [1.82, 2.24) is 0 Å². The van der Waals surface area contributed by atoms with Crippen LogP contribution in [0, 0.1) is 10.1 Å². The van der Waals surface area contributed by atoms with Crippen LogP contribution in [0.25, 0.3) is 0 Å². The Balaban J connectivity index is 2.60. The van der Waals surface area contributed by atoms with Crippen LogP contribution in [0.15, 0.2) is 47.4 Å². The van der Waals surface area contributed by atoms with Gasteiger partial charge in [0.05, 0.1) is 32.0 Å². The van der Waals surface area contributed by atoms with E-state index in [-0.39, 0.29) is 20.6 Å². The van der Waals surface area contributed by atoms with E-state index >= 15 is 0 Å². The van der Waals surface area contributed by atoms with Crippen LogP contribution in [-0.2, 0) is 14.8 Å². The number of rotatable bonds is 7. The molecule has 0 atom stereocenters. The maximum Gasteiger partial charge on any atom is 0.305 e. The normalized spacial score (nSPS) is 11.2. The van der Waals surface area contributed by atoms with E-state index in [0.717, 1.165) is 16.4 Å². The van der Waals surface area contributed by atoms with E-state index in [1.54, 1.807) is 0 Å². The molecule has 0 heterocycles. The minimum Gasteiger partial charge on any atom is -0.481 e. The summed E-state index contributed by atoms with van der Waals surface area (Å²) in [6.07, 6.45) is -0.503. The molecule has 0 aromatic heterocycles. The van der Waals surface area contributed by atoms with Gasteiger partial charge in [-0.1, -0.05) is 35.3 Å². The minimum absolute atomic E-state index is 0.0214. The molecular weight excluding hydrogens is 407 g/mol. The molecule has 1 N–H and O–H groups in total. The number of carbonyl (C=O) groups is 1. The summed E-state index contributed by atoms with van der Waals surface area (Å²) in [5, 5.41) is 19.8. The topological polar surface area (TPSA) is 118 Å². The van der Waals surface area contributed by atoms with Gasteiger partial charge in [0, 0.05) is 18.7 Å². The highest BCUT2D eigenvalue weighted by atomic mass is 35.5. The highest BCUT2D eigenvalue weighted by Crippen LogP contribution is 2.35.